The Bertz CT molecular complexity index is 1020. The Kier molecular flexibility index (Phi) is 5.92. The lowest BCUT2D eigenvalue weighted by atomic mass is 10.2. The molecule has 9 heteroatoms. The fourth-order valence-corrected chi connectivity index (χ4v) is 3.48. The van der Waals surface area contributed by atoms with Gasteiger partial charge in [-0.2, -0.15) is 4.98 Å². The van der Waals surface area contributed by atoms with Crippen LogP contribution in [0.15, 0.2) is 28.8 Å². The van der Waals surface area contributed by atoms with Gasteiger partial charge in [0.15, 0.2) is 0 Å². The molecule has 1 saturated heterocycles. The number of halogens is 1. The van der Waals surface area contributed by atoms with E-state index in [2.05, 4.69) is 20.4 Å². The van der Waals surface area contributed by atoms with Gasteiger partial charge in [0.2, 0.25) is 5.91 Å². The highest BCUT2D eigenvalue weighted by atomic mass is 35.5. The summed E-state index contributed by atoms with van der Waals surface area (Å²) in [5.41, 5.74) is 2.09. The smallest absolute Gasteiger partial charge is 0.263 e. The quantitative estimate of drug-likeness (QED) is 0.661. The molecule has 3 aromatic rings. The molecule has 8 nitrogen and oxygen atoms in total. The maximum absolute atomic E-state index is 12.3. The number of aryl methyl sites for hydroxylation is 2. The largest absolute Gasteiger partial charge is 0.378 e. The van der Waals surface area contributed by atoms with E-state index in [1.807, 2.05) is 25.1 Å². The van der Waals surface area contributed by atoms with Gasteiger partial charge in [-0.15, -0.1) is 0 Å². The van der Waals surface area contributed by atoms with Crippen LogP contribution in [0.3, 0.4) is 0 Å². The van der Waals surface area contributed by atoms with Crippen LogP contribution in [-0.2, 0) is 22.5 Å². The molecule has 0 bridgehead atoms. The number of fused-ring (bicyclic) bond motifs is 1. The zero-order valence-corrected chi connectivity index (χ0v) is 16.9. The number of carbonyl (C=O) groups is 1. The van der Waals surface area contributed by atoms with Gasteiger partial charge in [-0.05, 0) is 18.6 Å². The van der Waals surface area contributed by atoms with Gasteiger partial charge >= 0.3 is 0 Å². The molecular weight excluding hydrogens is 394 g/mol. The number of rotatable bonds is 6. The molecule has 152 valence electrons. The van der Waals surface area contributed by atoms with Crippen LogP contribution in [-0.4, -0.2) is 47.3 Å². The maximum Gasteiger partial charge on any atom is 0.263 e. The van der Waals surface area contributed by atoms with E-state index in [1.54, 1.807) is 6.07 Å². The number of morpholine rings is 1. The number of aromatic nitrogens is 3. The number of hydrogen-bond acceptors (Lipinski definition) is 7. The van der Waals surface area contributed by atoms with Gasteiger partial charge in [0, 0.05) is 37.5 Å². The number of nitrogens with zero attached hydrogens (tertiary/aromatic N) is 4. The van der Waals surface area contributed by atoms with E-state index in [1.165, 1.54) is 0 Å². The molecular formula is C20H22ClN5O3. The molecule has 0 unspecified atom stereocenters. The predicted octanol–water partition coefficient (Wildman–Crippen LogP) is 2.67. The van der Waals surface area contributed by atoms with Crippen molar-refractivity contribution in [3.8, 4) is 0 Å². The lowest BCUT2D eigenvalue weighted by Crippen LogP contribution is -2.37. The Morgan fingerprint density at radius 2 is 2.03 bits per heavy atom. The van der Waals surface area contributed by atoms with E-state index in [0.717, 1.165) is 35.6 Å². The van der Waals surface area contributed by atoms with Crippen LogP contribution >= 0.6 is 11.6 Å². The summed E-state index contributed by atoms with van der Waals surface area (Å²) in [7, 11) is 0. The minimum Gasteiger partial charge on any atom is -0.378 e. The van der Waals surface area contributed by atoms with Crippen molar-refractivity contribution in [2.45, 2.75) is 26.3 Å². The fourth-order valence-electron chi connectivity index (χ4n) is 3.28. The van der Waals surface area contributed by atoms with Crippen LogP contribution < -0.4 is 10.2 Å². The summed E-state index contributed by atoms with van der Waals surface area (Å²) in [6.45, 7) is 5.05. The molecule has 1 fully saturated rings. The summed E-state index contributed by atoms with van der Waals surface area (Å²) < 4.78 is 10.8. The Hall–Kier alpha value is -2.71. The number of carbonyl (C=O) groups excluding carboxylic acids is 1. The normalized spacial score (nSPS) is 14.3. The average molecular weight is 416 g/mol. The van der Waals surface area contributed by atoms with Gasteiger partial charge < -0.3 is 19.5 Å². The third-order valence-corrected chi connectivity index (χ3v) is 5.22. The number of ether oxygens (including phenoxy) is 1. The van der Waals surface area contributed by atoms with Crippen molar-refractivity contribution in [3.63, 3.8) is 0 Å². The molecule has 0 spiro atoms. The minimum absolute atomic E-state index is 0.0877. The van der Waals surface area contributed by atoms with Crippen molar-refractivity contribution < 1.29 is 14.1 Å². The summed E-state index contributed by atoms with van der Waals surface area (Å²) >= 11 is 6.13. The molecule has 0 aliphatic carbocycles. The Balaban J connectivity index is 1.45. The van der Waals surface area contributed by atoms with Gasteiger partial charge in [-0.25, -0.2) is 4.98 Å². The molecule has 0 atom stereocenters. The van der Waals surface area contributed by atoms with E-state index in [4.69, 9.17) is 25.8 Å². The molecule has 2 aromatic heterocycles. The molecule has 0 radical (unpaired) electrons. The first kappa shape index (κ1) is 19.6. The van der Waals surface area contributed by atoms with Crippen molar-refractivity contribution in [1.82, 2.24) is 20.4 Å². The highest BCUT2D eigenvalue weighted by Gasteiger charge is 2.21. The van der Waals surface area contributed by atoms with Crippen molar-refractivity contribution in [3.05, 3.63) is 46.4 Å². The molecule has 4 rings (SSSR count). The first-order chi connectivity index (χ1) is 14.1. The lowest BCUT2D eigenvalue weighted by molar-refractivity contribution is -0.121. The van der Waals surface area contributed by atoms with Crippen LogP contribution in [0.4, 0.5) is 5.82 Å². The Labute approximate surface area is 173 Å². The monoisotopic (exact) mass is 415 g/mol. The van der Waals surface area contributed by atoms with Crippen molar-refractivity contribution >= 4 is 34.4 Å². The van der Waals surface area contributed by atoms with Gasteiger partial charge in [0.25, 0.3) is 5.71 Å². The number of hydrogen-bond donors (Lipinski definition) is 1. The van der Waals surface area contributed by atoms with E-state index >= 15 is 0 Å². The maximum atomic E-state index is 12.3. The summed E-state index contributed by atoms with van der Waals surface area (Å²) in [5.74, 6) is 1.27. The Morgan fingerprint density at radius 1 is 1.24 bits per heavy atom. The second kappa shape index (κ2) is 8.75. The summed E-state index contributed by atoms with van der Waals surface area (Å²) in [6.07, 6.45) is 0.674. The highest BCUT2D eigenvalue weighted by molar-refractivity contribution is 6.31. The fraction of sp³-hybridized carbons (Fsp3) is 0.400. The second-order valence-corrected chi connectivity index (χ2v) is 7.29. The topological polar surface area (TPSA) is 93.4 Å². The second-order valence-electron chi connectivity index (χ2n) is 6.88. The molecule has 3 heterocycles. The van der Waals surface area contributed by atoms with Crippen LogP contribution in [0, 0.1) is 6.92 Å². The third kappa shape index (κ3) is 4.49. The van der Waals surface area contributed by atoms with Gasteiger partial charge in [-0.3, -0.25) is 4.79 Å². The zero-order valence-electron chi connectivity index (χ0n) is 16.2. The summed E-state index contributed by atoms with van der Waals surface area (Å²) in [4.78, 5) is 23.6. The van der Waals surface area contributed by atoms with Crippen molar-refractivity contribution in [2.24, 2.45) is 0 Å². The molecule has 29 heavy (non-hydrogen) atoms. The van der Waals surface area contributed by atoms with Crippen molar-refractivity contribution in [2.75, 3.05) is 31.2 Å². The summed E-state index contributed by atoms with van der Waals surface area (Å²) in [6, 6.07) is 7.44. The third-order valence-electron chi connectivity index (χ3n) is 4.85. The van der Waals surface area contributed by atoms with Crippen LogP contribution in [0.5, 0.6) is 0 Å². The molecule has 1 aromatic carbocycles. The van der Waals surface area contributed by atoms with Gasteiger partial charge in [0.05, 0.1) is 18.9 Å². The standard InChI is InChI=1S/C20H22ClN5O3/c1-13-18-19(26-8-10-28-11-9-26)23-16(24-20(18)29-25-13)6-7-17(27)22-12-14-4-2-3-5-15(14)21/h2-5H,6-12H2,1H3,(H,22,27). The lowest BCUT2D eigenvalue weighted by Gasteiger charge is -2.28. The van der Waals surface area contributed by atoms with Crippen LogP contribution in [0.2, 0.25) is 5.02 Å². The number of anilines is 1. The van der Waals surface area contributed by atoms with E-state index in [0.29, 0.717) is 42.7 Å². The molecule has 1 aliphatic heterocycles. The molecule has 0 saturated carbocycles. The van der Waals surface area contributed by atoms with E-state index in [9.17, 15) is 4.79 Å². The highest BCUT2D eigenvalue weighted by Crippen LogP contribution is 2.27. The SMILES string of the molecule is Cc1noc2nc(CCC(=O)NCc3ccccc3Cl)nc(N3CCOCC3)c12. The average Bonchev–Trinajstić information content (AvgIpc) is 3.12. The number of nitrogens with one attached hydrogen (secondary N) is 1. The van der Waals surface area contributed by atoms with Crippen LogP contribution in [0.1, 0.15) is 23.5 Å². The number of amides is 1. The van der Waals surface area contributed by atoms with E-state index in [-0.39, 0.29) is 12.3 Å². The van der Waals surface area contributed by atoms with Gasteiger partial charge in [-0.1, -0.05) is 35.0 Å². The number of benzene rings is 1. The Morgan fingerprint density at radius 3 is 2.83 bits per heavy atom. The molecule has 1 aliphatic rings. The first-order valence-corrected chi connectivity index (χ1v) is 9.95. The zero-order chi connectivity index (χ0) is 20.2. The summed E-state index contributed by atoms with van der Waals surface area (Å²) in [5, 5.41) is 8.37. The van der Waals surface area contributed by atoms with Gasteiger partial charge in [0.1, 0.15) is 17.0 Å². The molecule has 1 amide bonds. The predicted molar refractivity (Wildman–Crippen MR) is 109 cm³/mol. The first-order valence-electron chi connectivity index (χ1n) is 9.57. The van der Waals surface area contributed by atoms with Crippen molar-refractivity contribution in [1.29, 1.82) is 0 Å². The van der Waals surface area contributed by atoms with Crippen LogP contribution in [0.25, 0.3) is 11.1 Å². The van der Waals surface area contributed by atoms with E-state index < -0.39 is 0 Å². The minimum atomic E-state index is -0.0877. The molecule has 1 N–H and O–H groups in total.